The fourth-order valence-electron chi connectivity index (χ4n) is 2.08. The molecule has 1 N–H and O–H groups in total. The van der Waals surface area contributed by atoms with Crippen molar-refractivity contribution in [3.8, 4) is 0 Å². The van der Waals surface area contributed by atoms with Crippen molar-refractivity contribution in [2.24, 2.45) is 0 Å². The van der Waals surface area contributed by atoms with Crippen LogP contribution in [0.15, 0.2) is 47.9 Å². The van der Waals surface area contributed by atoms with E-state index in [-0.39, 0.29) is 10.7 Å². The lowest BCUT2D eigenvalue weighted by atomic mass is 10.2. The zero-order valence-electron chi connectivity index (χ0n) is 12.4. The number of pyridine rings is 1. The standard InChI is InChI=1S/C15H11ClN4O3S/c1-24(22,23)15-18-8-10(16)13(20-15)14(21)19-11-6-2-4-9-5-3-7-17-12(9)11/h2-8H,1H3,(H,19,21). The molecule has 9 heteroatoms. The van der Waals surface area contributed by atoms with Gasteiger partial charge in [-0.25, -0.2) is 18.4 Å². The van der Waals surface area contributed by atoms with Crippen LogP contribution >= 0.6 is 11.6 Å². The lowest BCUT2D eigenvalue weighted by Crippen LogP contribution is -2.17. The summed E-state index contributed by atoms with van der Waals surface area (Å²) in [6, 6.07) is 8.95. The quantitative estimate of drug-likeness (QED) is 0.717. The van der Waals surface area contributed by atoms with Crippen LogP contribution in [0.2, 0.25) is 5.02 Å². The molecule has 0 fully saturated rings. The molecule has 3 aromatic rings. The molecule has 7 nitrogen and oxygen atoms in total. The van der Waals surface area contributed by atoms with E-state index in [4.69, 9.17) is 11.6 Å². The molecular formula is C15H11ClN4O3S. The number of benzene rings is 1. The zero-order chi connectivity index (χ0) is 17.3. The van der Waals surface area contributed by atoms with Crippen LogP contribution in [0.25, 0.3) is 10.9 Å². The summed E-state index contributed by atoms with van der Waals surface area (Å²) in [5, 5.41) is 2.99. The van der Waals surface area contributed by atoms with E-state index in [2.05, 4.69) is 20.3 Å². The first-order chi connectivity index (χ1) is 11.4. The Balaban J connectivity index is 2.01. The van der Waals surface area contributed by atoms with Crippen LogP contribution in [0, 0.1) is 0 Å². The Morgan fingerprint density at radius 2 is 1.92 bits per heavy atom. The normalized spacial score (nSPS) is 11.4. The van der Waals surface area contributed by atoms with E-state index in [0.717, 1.165) is 17.8 Å². The highest BCUT2D eigenvalue weighted by Crippen LogP contribution is 2.22. The van der Waals surface area contributed by atoms with Crippen molar-refractivity contribution in [2.75, 3.05) is 11.6 Å². The van der Waals surface area contributed by atoms with E-state index in [9.17, 15) is 13.2 Å². The molecule has 0 aliphatic rings. The number of sulfone groups is 1. The summed E-state index contributed by atoms with van der Waals surface area (Å²) in [5.74, 6) is -0.648. The molecule has 2 aromatic heterocycles. The summed E-state index contributed by atoms with van der Waals surface area (Å²) >= 11 is 5.93. The van der Waals surface area contributed by atoms with Crippen molar-refractivity contribution in [3.63, 3.8) is 0 Å². The average Bonchev–Trinajstić information content (AvgIpc) is 2.54. The topological polar surface area (TPSA) is 102 Å². The molecule has 1 amide bonds. The van der Waals surface area contributed by atoms with Crippen LogP contribution in [0.1, 0.15) is 10.5 Å². The van der Waals surface area contributed by atoms with E-state index >= 15 is 0 Å². The van der Waals surface area contributed by atoms with Crippen molar-refractivity contribution < 1.29 is 13.2 Å². The maximum Gasteiger partial charge on any atom is 0.276 e. The summed E-state index contributed by atoms with van der Waals surface area (Å²) in [6.07, 6.45) is 3.64. The Bertz CT molecular complexity index is 1050. The van der Waals surface area contributed by atoms with Crippen molar-refractivity contribution in [2.45, 2.75) is 5.16 Å². The minimum atomic E-state index is -3.66. The number of para-hydroxylation sites is 1. The Kier molecular flexibility index (Phi) is 4.16. The predicted molar refractivity (Wildman–Crippen MR) is 89.8 cm³/mol. The zero-order valence-corrected chi connectivity index (χ0v) is 14.0. The largest absolute Gasteiger partial charge is 0.319 e. The second-order valence-electron chi connectivity index (χ2n) is 4.96. The van der Waals surface area contributed by atoms with Crippen molar-refractivity contribution >= 4 is 43.9 Å². The number of fused-ring (bicyclic) bond motifs is 1. The van der Waals surface area contributed by atoms with Crippen molar-refractivity contribution in [1.82, 2.24) is 15.0 Å². The van der Waals surface area contributed by atoms with Gasteiger partial charge in [0.1, 0.15) is 0 Å². The molecule has 1 aromatic carbocycles. The second-order valence-corrected chi connectivity index (χ2v) is 7.27. The molecule has 24 heavy (non-hydrogen) atoms. The van der Waals surface area contributed by atoms with Gasteiger partial charge in [0.25, 0.3) is 5.91 Å². The summed E-state index contributed by atoms with van der Waals surface area (Å²) < 4.78 is 23.1. The molecule has 0 unspecified atom stereocenters. The van der Waals surface area contributed by atoms with Gasteiger partial charge in [-0.3, -0.25) is 9.78 Å². The van der Waals surface area contributed by atoms with Gasteiger partial charge in [0.15, 0.2) is 5.69 Å². The Labute approximate surface area is 142 Å². The van der Waals surface area contributed by atoms with Crippen LogP contribution in [-0.4, -0.2) is 35.5 Å². The number of rotatable bonds is 3. The first-order valence-corrected chi connectivity index (χ1v) is 9.01. The lowest BCUT2D eigenvalue weighted by molar-refractivity contribution is 0.102. The Morgan fingerprint density at radius 3 is 2.67 bits per heavy atom. The number of nitrogens with zero attached hydrogens (tertiary/aromatic N) is 3. The maximum atomic E-state index is 12.4. The molecule has 0 aliphatic heterocycles. The molecule has 0 saturated heterocycles. The first-order valence-electron chi connectivity index (χ1n) is 6.74. The summed E-state index contributed by atoms with van der Waals surface area (Å²) in [6.45, 7) is 0. The van der Waals surface area contributed by atoms with Gasteiger partial charge in [0.05, 0.1) is 22.4 Å². The minimum absolute atomic E-state index is 0.0481. The van der Waals surface area contributed by atoms with Gasteiger partial charge in [-0.2, -0.15) is 0 Å². The van der Waals surface area contributed by atoms with Gasteiger partial charge >= 0.3 is 0 Å². The molecule has 0 spiro atoms. The van der Waals surface area contributed by atoms with E-state index in [0.29, 0.717) is 11.2 Å². The lowest BCUT2D eigenvalue weighted by Gasteiger charge is -2.09. The molecule has 0 radical (unpaired) electrons. The monoisotopic (exact) mass is 362 g/mol. The van der Waals surface area contributed by atoms with E-state index < -0.39 is 20.9 Å². The SMILES string of the molecule is CS(=O)(=O)c1ncc(Cl)c(C(=O)Nc2cccc3cccnc23)n1. The van der Waals surface area contributed by atoms with Gasteiger partial charge in [0, 0.05) is 17.8 Å². The number of amides is 1. The van der Waals surface area contributed by atoms with Gasteiger partial charge in [-0.15, -0.1) is 0 Å². The molecule has 0 saturated carbocycles. The number of carbonyl (C=O) groups is 1. The van der Waals surface area contributed by atoms with Crippen LogP contribution in [0.5, 0.6) is 0 Å². The van der Waals surface area contributed by atoms with E-state index in [1.807, 2.05) is 12.1 Å². The fourth-order valence-corrected chi connectivity index (χ4v) is 2.75. The third-order valence-corrected chi connectivity index (χ3v) is 4.29. The predicted octanol–water partition coefficient (Wildman–Crippen LogP) is 2.33. The molecule has 0 bridgehead atoms. The summed E-state index contributed by atoms with van der Waals surface area (Å²) in [4.78, 5) is 24.1. The summed E-state index contributed by atoms with van der Waals surface area (Å²) in [7, 11) is -3.66. The van der Waals surface area contributed by atoms with E-state index in [1.54, 1.807) is 24.4 Å². The smallest absolute Gasteiger partial charge is 0.276 e. The Hall–Kier alpha value is -2.58. The molecule has 3 rings (SSSR count). The van der Waals surface area contributed by atoms with Crippen molar-refractivity contribution in [3.05, 3.63) is 53.4 Å². The number of anilines is 1. The third kappa shape index (κ3) is 3.19. The van der Waals surface area contributed by atoms with Gasteiger partial charge in [-0.1, -0.05) is 29.8 Å². The van der Waals surface area contributed by atoms with Crippen molar-refractivity contribution in [1.29, 1.82) is 0 Å². The molecule has 2 heterocycles. The number of halogens is 1. The number of carbonyl (C=O) groups excluding carboxylic acids is 1. The second kappa shape index (κ2) is 6.14. The van der Waals surface area contributed by atoms with Crippen LogP contribution in [0.3, 0.4) is 0 Å². The third-order valence-electron chi connectivity index (χ3n) is 3.15. The van der Waals surface area contributed by atoms with Crippen LogP contribution in [-0.2, 0) is 9.84 Å². The maximum absolute atomic E-state index is 12.4. The first kappa shape index (κ1) is 16.3. The fraction of sp³-hybridized carbons (Fsp3) is 0.0667. The minimum Gasteiger partial charge on any atom is -0.319 e. The summed E-state index contributed by atoms with van der Waals surface area (Å²) in [5.41, 5.74) is 0.843. The molecule has 0 atom stereocenters. The Morgan fingerprint density at radius 1 is 1.17 bits per heavy atom. The van der Waals surface area contributed by atoms with Gasteiger partial charge in [0.2, 0.25) is 15.0 Å². The number of nitrogens with one attached hydrogen (secondary N) is 1. The molecular weight excluding hydrogens is 352 g/mol. The van der Waals surface area contributed by atoms with Gasteiger partial charge < -0.3 is 5.32 Å². The molecule has 122 valence electrons. The number of hydrogen-bond donors (Lipinski definition) is 1. The average molecular weight is 363 g/mol. The van der Waals surface area contributed by atoms with Crippen LogP contribution in [0.4, 0.5) is 5.69 Å². The highest BCUT2D eigenvalue weighted by Gasteiger charge is 2.19. The van der Waals surface area contributed by atoms with E-state index in [1.165, 1.54) is 0 Å². The highest BCUT2D eigenvalue weighted by molar-refractivity contribution is 7.90. The number of aromatic nitrogens is 3. The molecule has 0 aliphatic carbocycles. The number of hydrogen-bond acceptors (Lipinski definition) is 6. The van der Waals surface area contributed by atoms with Crippen LogP contribution < -0.4 is 5.32 Å². The highest BCUT2D eigenvalue weighted by atomic mass is 35.5. The van der Waals surface area contributed by atoms with Gasteiger partial charge in [-0.05, 0) is 12.1 Å².